The molecule has 1 aromatic rings. The summed E-state index contributed by atoms with van der Waals surface area (Å²) >= 11 is 0. The monoisotopic (exact) mass is 225 g/mol. The molecule has 0 radical (unpaired) electrons. The van der Waals surface area contributed by atoms with E-state index in [9.17, 15) is 9.18 Å². The fourth-order valence-corrected chi connectivity index (χ4v) is 1.54. The highest BCUT2D eigenvalue weighted by Crippen LogP contribution is 2.21. The van der Waals surface area contributed by atoms with Crippen molar-refractivity contribution in [3.05, 3.63) is 35.1 Å². The van der Waals surface area contributed by atoms with Gasteiger partial charge in [0, 0.05) is 11.6 Å². The maximum Gasteiger partial charge on any atom is 0.335 e. The lowest BCUT2D eigenvalue weighted by Crippen LogP contribution is -2.13. The molecule has 0 fully saturated rings. The Balaban J connectivity index is 2.92. The molecule has 0 aliphatic carbocycles. The highest BCUT2D eigenvalue weighted by Gasteiger charge is 2.13. The Morgan fingerprint density at radius 3 is 2.81 bits per heavy atom. The van der Waals surface area contributed by atoms with Gasteiger partial charge in [-0.2, -0.15) is 0 Å². The lowest BCUT2D eigenvalue weighted by Gasteiger charge is -2.12. The van der Waals surface area contributed by atoms with Crippen molar-refractivity contribution in [2.45, 2.75) is 32.2 Å². The number of carbonyl (C=O) groups is 1. The van der Waals surface area contributed by atoms with Crippen LogP contribution in [0.4, 0.5) is 4.39 Å². The first-order valence-corrected chi connectivity index (χ1v) is 5.34. The second-order valence-corrected chi connectivity index (χ2v) is 3.79. The van der Waals surface area contributed by atoms with Gasteiger partial charge in [0.1, 0.15) is 5.82 Å². The van der Waals surface area contributed by atoms with Crippen LogP contribution in [0.3, 0.4) is 0 Å². The van der Waals surface area contributed by atoms with Crippen LogP contribution in [0.5, 0.6) is 0 Å². The van der Waals surface area contributed by atoms with E-state index in [1.54, 1.807) is 0 Å². The van der Waals surface area contributed by atoms with E-state index in [-0.39, 0.29) is 11.1 Å². The third-order valence-electron chi connectivity index (χ3n) is 2.51. The van der Waals surface area contributed by atoms with Gasteiger partial charge in [0.05, 0.1) is 5.56 Å². The molecule has 0 saturated carbocycles. The van der Waals surface area contributed by atoms with E-state index in [1.165, 1.54) is 12.1 Å². The first kappa shape index (κ1) is 12.6. The number of hydrogen-bond acceptors (Lipinski definition) is 2. The Hall–Kier alpha value is -1.42. The summed E-state index contributed by atoms with van der Waals surface area (Å²) < 4.78 is 13.4. The molecule has 3 nitrogen and oxygen atoms in total. The summed E-state index contributed by atoms with van der Waals surface area (Å²) in [4.78, 5) is 10.7. The minimum absolute atomic E-state index is 0.0725. The summed E-state index contributed by atoms with van der Waals surface area (Å²) in [6.45, 7) is 2.02. The first-order valence-electron chi connectivity index (χ1n) is 5.34. The van der Waals surface area contributed by atoms with E-state index in [4.69, 9.17) is 10.8 Å². The number of hydrogen-bond donors (Lipinski definition) is 2. The fourth-order valence-electron chi connectivity index (χ4n) is 1.54. The Bertz CT molecular complexity index is 379. The molecule has 0 bridgehead atoms. The number of aromatic carboxylic acids is 1. The Labute approximate surface area is 94.1 Å². The average molecular weight is 225 g/mol. The minimum Gasteiger partial charge on any atom is -0.478 e. The zero-order valence-corrected chi connectivity index (χ0v) is 9.24. The van der Waals surface area contributed by atoms with E-state index < -0.39 is 17.8 Å². The van der Waals surface area contributed by atoms with E-state index in [0.29, 0.717) is 6.42 Å². The van der Waals surface area contributed by atoms with Crippen LogP contribution in [0.2, 0.25) is 0 Å². The van der Waals surface area contributed by atoms with E-state index >= 15 is 0 Å². The second kappa shape index (κ2) is 5.61. The lowest BCUT2D eigenvalue weighted by molar-refractivity contribution is 0.0696. The molecule has 16 heavy (non-hydrogen) atoms. The van der Waals surface area contributed by atoms with Gasteiger partial charge in [0.2, 0.25) is 0 Å². The Kier molecular flexibility index (Phi) is 4.43. The minimum atomic E-state index is -1.07. The van der Waals surface area contributed by atoms with Crippen molar-refractivity contribution < 1.29 is 14.3 Å². The third-order valence-corrected chi connectivity index (χ3v) is 2.51. The summed E-state index contributed by atoms with van der Waals surface area (Å²) in [7, 11) is 0. The highest BCUT2D eigenvalue weighted by atomic mass is 19.1. The van der Waals surface area contributed by atoms with Crippen molar-refractivity contribution in [2.75, 3.05) is 0 Å². The average Bonchev–Trinajstić information content (AvgIpc) is 2.26. The molecule has 0 heterocycles. The maximum absolute atomic E-state index is 13.4. The van der Waals surface area contributed by atoms with Crippen LogP contribution in [0.15, 0.2) is 18.2 Å². The molecule has 0 aliphatic rings. The van der Waals surface area contributed by atoms with Crippen LogP contribution in [0, 0.1) is 5.82 Å². The predicted octanol–water partition coefficient (Wildman–Crippen LogP) is 2.71. The molecule has 0 spiro atoms. The van der Waals surface area contributed by atoms with Gasteiger partial charge in [-0.05, 0) is 24.6 Å². The fraction of sp³-hybridized carbons (Fsp3) is 0.417. The lowest BCUT2D eigenvalue weighted by atomic mass is 9.99. The van der Waals surface area contributed by atoms with Crippen LogP contribution in [0.1, 0.15) is 48.1 Å². The molecule has 88 valence electrons. The van der Waals surface area contributed by atoms with Crippen LogP contribution in [-0.2, 0) is 0 Å². The molecule has 0 aromatic heterocycles. The van der Waals surface area contributed by atoms with Gasteiger partial charge >= 0.3 is 5.97 Å². The molecular formula is C12H16FNO2. The summed E-state index contributed by atoms with van der Waals surface area (Å²) in [5.74, 6) is -1.50. The number of carboxylic acids is 1. The van der Waals surface area contributed by atoms with Crippen molar-refractivity contribution >= 4 is 5.97 Å². The predicted molar refractivity (Wildman–Crippen MR) is 59.8 cm³/mol. The molecule has 0 amide bonds. The largest absolute Gasteiger partial charge is 0.478 e. The van der Waals surface area contributed by atoms with Crippen molar-refractivity contribution in [1.82, 2.24) is 0 Å². The summed E-state index contributed by atoms with van der Waals surface area (Å²) in [5, 5.41) is 8.79. The van der Waals surface area contributed by atoms with E-state index in [2.05, 4.69) is 0 Å². The molecule has 0 aliphatic heterocycles. The second-order valence-electron chi connectivity index (χ2n) is 3.79. The number of rotatable bonds is 5. The normalized spacial score (nSPS) is 12.4. The molecule has 0 saturated heterocycles. The number of carboxylic acid groups (broad SMARTS) is 1. The van der Waals surface area contributed by atoms with Gasteiger partial charge in [-0.25, -0.2) is 9.18 Å². The molecule has 4 heteroatoms. The van der Waals surface area contributed by atoms with Gasteiger partial charge in [-0.15, -0.1) is 0 Å². The Morgan fingerprint density at radius 2 is 2.25 bits per heavy atom. The number of unbranched alkanes of at least 4 members (excludes halogenated alkanes) is 1. The molecular weight excluding hydrogens is 209 g/mol. The van der Waals surface area contributed by atoms with Crippen molar-refractivity contribution in [2.24, 2.45) is 5.73 Å². The molecule has 3 N–H and O–H groups in total. The summed E-state index contributed by atoms with van der Waals surface area (Å²) in [6.07, 6.45) is 2.54. The summed E-state index contributed by atoms with van der Waals surface area (Å²) in [6, 6.07) is 3.29. The standard InChI is InChI=1S/C12H16FNO2/c1-2-3-4-11(14)9-7-8(12(15)16)5-6-10(9)13/h5-7,11H,2-4,14H2,1H3,(H,15,16). The van der Waals surface area contributed by atoms with E-state index in [0.717, 1.165) is 18.9 Å². The van der Waals surface area contributed by atoms with Gasteiger partial charge in [0.25, 0.3) is 0 Å². The van der Waals surface area contributed by atoms with Crippen LogP contribution < -0.4 is 5.73 Å². The summed E-state index contributed by atoms with van der Waals surface area (Å²) in [5.41, 5.74) is 6.18. The van der Waals surface area contributed by atoms with Gasteiger partial charge in [0.15, 0.2) is 0 Å². The van der Waals surface area contributed by atoms with Gasteiger partial charge in [-0.3, -0.25) is 0 Å². The molecule has 1 rings (SSSR count). The van der Waals surface area contributed by atoms with Gasteiger partial charge < -0.3 is 10.8 Å². The van der Waals surface area contributed by atoms with Crippen molar-refractivity contribution in [1.29, 1.82) is 0 Å². The SMILES string of the molecule is CCCCC(N)c1cc(C(=O)O)ccc1F. The van der Waals surface area contributed by atoms with E-state index in [1.807, 2.05) is 6.92 Å². The molecule has 1 unspecified atom stereocenters. The third kappa shape index (κ3) is 3.03. The van der Waals surface area contributed by atoms with Crippen LogP contribution >= 0.6 is 0 Å². The quantitative estimate of drug-likeness (QED) is 0.809. The Morgan fingerprint density at radius 1 is 1.56 bits per heavy atom. The number of halogens is 1. The van der Waals surface area contributed by atoms with Crippen molar-refractivity contribution in [3.63, 3.8) is 0 Å². The smallest absolute Gasteiger partial charge is 0.335 e. The van der Waals surface area contributed by atoms with Crippen LogP contribution in [0.25, 0.3) is 0 Å². The van der Waals surface area contributed by atoms with Crippen molar-refractivity contribution in [3.8, 4) is 0 Å². The van der Waals surface area contributed by atoms with Gasteiger partial charge in [-0.1, -0.05) is 19.8 Å². The zero-order valence-electron chi connectivity index (χ0n) is 9.24. The highest BCUT2D eigenvalue weighted by molar-refractivity contribution is 5.87. The zero-order chi connectivity index (χ0) is 12.1. The first-order chi connectivity index (χ1) is 7.56. The number of nitrogens with two attached hydrogens (primary N) is 1. The molecule has 1 atom stereocenters. The topological polar surface area (TPSA) is 63.3 Å². The maximum atomic E-state index is 13.4. The van der Waals surface area contributed by atoms with Crippen LogP contribution in [-0.4, -0.2) is 11.1 Å². The molecule has 1 aromatic carbocycles. The number of benzene rings is 1.